The molecule has 25 heavy (non-hydrogen) atoms. The molecule has 5 nitrogen and oxygen atoms in total. The molecule has 0 bridgehead atoms. The molecule has 0 radical (unpaired) electrons. The first-order valence-corrected chi connectivity index (χ1v) is 8.16. The molecule has 128 valence electrons. The number of nitrogens with zero attached hydrogens (tertiary/aromatic N) is 2. The Morgan fingerprint density at radius 1 is 1.12 bits per heavy atom. The minimum atomic E-state index is -0.181. The number of hydrogen-bond acceptors (Lipinski definition) is 4. The molecule has 0 saturated carbocycles. The number of ether oxygens (including phenoxy) is 1. The van der Waals surface area contributed by atoms with Crippen molar-refractivity contribution in [2.24, 2.45) is 0 Å². The topological polar surface area (TPSA) is 55.6 Å². The van der Waals surface area contributed by atoms with Crippen molar-refractivity contribution in [3.8, 4) is 17.1 Å². The fourth-order valence-electron chi connectivity index (χ4n) is 2.51. The molecule has 1 aromatic heterocycles. The molecule has 0 spiro atoms. The molecule has 1 heterocycles. The Hall–Kier alpha value is -3.08. The van der Waals surface area contributed by atoms with Gasteiger partial charge in [0.1, 0.15) is 5.75 Å². The predicted octanol–water partition coefficient (Wildman–Crippen LogP) is 4.01. The van der Waals surface area contributed by atoms with Crippen LogP contribution in [-0.4, -0.2) is 29.6 Å². The third-order valence-corrected chi connectivity index (χ3v) is 3.79. The van der Waals surface area contributed by atoms with E-state index in [0.717, 1.165) is 16.9 Å². The molecular formula is C20H20N2O3. The van der Waals surface area contributed by atoms with E-state index in [4.69, 9.17) is 9.26 Å². The Kier molecular flexibility index (Phi) is 5.14. The number of benzene rings is 2. The first-order valence-electron chi connectivity index (χ1n) is 8.16. The summed E-state index contributed by atoms with van der Waals surface area (Å²) >= 11 is 0. The molecule has 0 atom stereocenters. The predicted molar refractivity (Wildman–Crippen MR) is 95.3 cm³/mol. The van der Waals surface area contributed by atoms with Gasteiger partial charge in [-0.05, 0) is 24.6 Å². The lowest BCUT2D eigenvalue weighted by Crippen LogP contribution is -2.26. The Bertz CT molecular complexity index is 826. The van der Waals surface area contributed by atoms with Gasteiger partial charge in [-0.15, -0.1) is 0 Å². The zero-order valence-electron chi connectivity index (χ0n) is 14.3. The largest absolute Gasteiger partial charge is 0.494 e. The minimum Gasteiger partial charge on any atom is -0.494 e. The van der Waals surface area contributed by atoms with Crippen molar-refractivity contribution in [3.63, 3.8) is 0 Å². The minimum absolute atomic E-state index is 0.181. The van der Waals surface area contributed by atoms with Gasteiger partial charge >= 0.3 is 0 Å². The quantitative estimate of drug-likeness (QED) is 0.682. The summed E-state index contributed by atoms with van der Waals surface area (Å²) < 4.78 is 10.7. The van der Waals surface area contributed by atoms with Crippen LogP contribution in [0.1, 0.15) is 23.0 Å². The summed E-state index contributed by atoms with van der Waals surface area (Å²) in [7, 11) is 1.75. The van der Waals surface area contributed by atoms with E-state index in [0.29, 0.717) is 24.6 Å². The van der Waals surface area contributed by atoms with Crippen LogP contribution in [0.25, 0.3) is 11.3 Å². The van der Waals surface area contributed by atoms with Crippen molar-refractivity contribution in [2.75, 3.05) is 13.7 Å². The highest BCUT2D eigenvalue weighted by Gasteiger charge is 2.17. The monoisotopic (exact) mass is 336 g/mol. The van der Waals surface area contributed by atoms with Gasteiger partial charge in [0.15, 0.2) is 11.5 Å². The number of amides is 1. The van der Waals surface area contributed by atoms with Crippen molar-refractivity contribution in [2.45, 2.75) is 13.5 Å². The van der Waals surface area contributed by atoms with E-state index in [1.54, 1.807) is 18.0 Å². The van der Waals surface area contributed by atoms with Crippen molar-refractivity contribution in [1.29, 1.82) is 0 Å². The number of aromatic nitrogens is 1. The Morgan fingerprint density at radius 3 is 2.52 bits per heavy atom. The summed E-state index contributed by atoms with van der Waals surface area (Å²) in [6.07, 6.45) is 0. The van der Waals surface area contributed by atoms with Crippen LogP contribution in [0.4, 0.5) is 0 Å². The second-order valence-electron chi connectivity index (χ2n) is 5.68. The van der Waals surface area contributed by atoms with Crippen LogP contribution in [-0.2, 0) is 6.54 Å². The van der Waals surface area contributed by atoms with Crippen LogP contribution >= 0.6 is 0 Å². The molecule has 0 fully saturated rings. The van der Waals surface area contributed by atoms with E-state index in [9.17, 15) is 4.79 Å². The number of carbonyl (C=O) groups is 1. The van der Waals surface area contributed by atoms with Crippen LogP contribution in [0, 0.1) is 0 Å². The first-order chi connectivity index (χ1) is 12.2. The molecule has 2 aromatic carbocycles. The Morgan fingerprint density at radius 2 is 1.84 bits per heavy atom. The zero-order chi connectivity index (χ0) is 17.6. The van der Waals surface area contributed by atoms with Crippen molar-refractivity contribution >= 4 is 5.91 Å². The fourth-order valence-corrected chi connectivity index (χ4v) is 2.51. The van der Waals surface area contributed by atoms with Gasteiger partial charge in [-0.25, -0.2) is 0 Å². The lowest BCUT2D eigenvalue weighted by Gasteiger charge is -2.15. The molecular weight excluding hydrogens is 316 g/mol. The van der Waals surface area contributed by atoms with Crippen LogP contribution in [0.15, 0.2) is 65.2 Å². The maximum Gasteiger partial charge on any atom is 0.276 e. The van der Waals surface area contributed by atoms with E-state index >= 15 is 0 Å². The van der Waals surface area contributed by atoms with Gasteiger partial charge in [0, 0.05) is 25.2 Å². The normalized spacial score (nSPS) is 10.5. The zero-order valence-corrected chi connectivity index (χ0v) is 14.3. The van der Waals surface area contributed by atoms with Crippen LogP contribution in [0.5, 0.6) is 5.75 Å². The van der Waals surface area contributed by atoms with Gasteiger partial charge in [0.05, 0.1) is 6.61 Å². The van der Waals surface area contributed by atoms with Gasteiger partial charge < -0.3 is 14.2 Å². The maximum atomic E-state index is 12.5. The highest BCUT2D eigenvalue weighted by Crippen LogP contribution is 2.21. The van der Waals surface area contributed by atoms with Crippen LogP contribution in [0.2, 0.25) is 0 Å². The molecule has 1 amide bonds. The van der Waals surface area contributed by atoms with E-state index in [1.165, 1.54) is 0 Å². The summed E-state index contributed by atoms with van der Waals surface area (Å²) in [5.74, 6) is 1.22. The lowest BCUT2D eigenvalue weighted by atomic mass is 10.1. The highest BCUT2D eigenvalue weighted by molar-refractivity contribution is 5.92. The molecule has 0 aliphatic carbocycles. The Balaban J connectivity index is 1.67. The fraction of sp³-hybridized carbons (Fsp3) is 0.200. The first kappa shape index (κ1) is 16.8. The van der Waals surface area contributed by atoms with E-state index in [-0.39, 0.29) is 5.91 Å². The van der Waals surface area contributed by atoms with Gasteiger partial charge in [0.25, 0.3) is 5.91 Å². The molecule has 0 aliphatic rings. The van der Waals surface area contributed by atoms with Gasteiger partial charge in [-0.2, -0.15) is 0 Å². The van der Waals surface area contributed by atoms with Crippen LogP contribution < -0.4 is 4.74 Å². The molecule has 5 heteroatoms. The van der Waals surface area contributed by atoms with E-state index < -0.39 is 0 Å². The molecule has 3 aromatic rings. The number of carbonyl (C=O) groups excluding carboxylic acids is 1. The summed E-state index contributed by atoms with van der Waals surface area (Å²) in [4.78, 5) is 14.2. The third kappa shape index (κ3) is 4.07. The third-order valence-electron chi connectivity index (χ3n) is 3.79. The molecule has 0 aliphatic heterocycles. The average molecular weight is 336 g/mol. The molecule has 0 saturated heterocycles. The summed E-state index contributed by atoms with van der Waals surface area (Å²) in [5, 5.41) is 3.91. The highest BCUT2D eigenvalue weighted by atomic mass is 16.5. The number of hydrogen-bond donors (Lipinski definition) is 0. The number of rotatable bonds is 6. The second-order valence-corrected chi connectivity index (χ2v) is 5.68. The lowest BCUT2D eigenvalue weighted by molar-refractivity contribution is 0.0775. The molecule has 3 rings (SSSR count). The van der Waals surface area contributed by atoms with Gasteiger partial charge in [-0.1, -0.05) is 47.6 Å². The summed E-state index contributed by atoms with van der Waals surface area (Å²) in [6, 6.07) is 19.0. The standard InChI is InChI=1S/C20H20N2O3/c1-3-24-17-11-9-15(10-12-17)14-22(2)20(23)18-13-19(25-21-18)16-7-5-4-6-8-16/h4-13H,3,14H2,1-2H3. The van der Waals surface area contributed by atoms with Crippen molar-refractivity contribution in [1.82, 2.24) is 10.1 Å². The van der Waals surface area contributed by atoms with Crippen LogP contribution in [0.3, 0.4) is 0 Å². The summed E-state index contributed by atoms with van der Waals surface area (Å²) in [5.41, 5.74) is 2.21. The SMILES string of the molecule is CCOc1ccc(CN(C)C(=O)c2cc(-c3ccccc3)on2)cc1. The molecule has 0 unspecified atom stereocenters. The second kappa shape index (κ2) is 7.66. The van der Waals surface area contributed by atoms with Crippen molar-refractivity contribution in [3.05, 3.63) is 71.9 Å². The van der Waals surface area contributed by atoms with Gasteiger partial charge in [0.2, 0.25) is 0 Å². The maximum absolute atomic E-state index is 12.5. The Labute approximate surface area is 146 Å². The smallest absolute Gasteiger partial charge is 0.276 e. The average Bonchev–Trinajstić information content (AvgIpc) is 3.14. The van der Waals surface area contributed by atoms with E-state index in [2.05, 4.69) is 5.16 Å². The molecule has 0 N–H and O–H groups in total. The van der Waals surface area contributed by atoms with Gasteiger partial charge in [-0.3, -0.25) is 4.79 Å². The summed E-state index contributed by atoms with van der Waals surface area (Å²) in [6.45, 7) is 3.06. The van der Waals surface area contributed by atoms with E-state index in [1.807, 2.05) is 61.5 Å². The van der Waals surface area contributed by atoms with Crippen molar-refractivity contribution < 1.29 is 14.1 Å².